The van der Waals surface area contributed by atoms with Gasteiger partial charge in [0.25, 0.3) is 5.91 Å². The molecule has 1 aromatic carbocycles. The maximum Gasteiger partial charge on any atom is 0.346 e. The van der Waals surface area contributed by atoms with Gasteiger partial charge in [0, 0.05) is 36.8 Å². The van der Waals surface area contributed by atoms with Crippen molar-refractivity contribution in [2.24, 2.45) is 0 Å². The molecule has 0 aliphatic carbocycles. The Morgan fingerprint density at radius 1 is 1.13 bits per heavy atom. The van der Waals surface area contributed by atoms with Gasteiger partial charge in [-0.1, -0.05) is 12.1 Å². The van der Waals surface area contributed by atoms with E-state index in [-0.39, 0.29) is 10.8 Å². The summed E-state index contributed by atoms with van der Waals surface area (Å²) in [6.45, 7) is 0. The number of thiophene rings is 1. The molecule has 0 atom stereocenters. The van der Waals surface area contributed by atoms with E-state index in [0.717, 1.165) is 22.3 Å². The van der Waals surface area contributed by atoms with E-state index < -0.39 is 5.97 Å². The number of fused-ring (bicyclic) bond motifs is 1. The van der Waals surface area contributed by atoms with Gasteiger partial charge in [-0.15, -0.1) is 11.3 Å². The summed E-state index contributed by atoms with van der Waals surface area (Å²) in [6, 6.07) is 10.6. The molecule has 1 amide bonds. The normalized spacial score (nSPS) is 10.7. The first kappa shape index (κ1) is 15.2. The number of carbonyl (C=O) groups excluding carboxylic acids is 1. The SMILES string of the molecule is CN(C)C(=O)c1ccc(-c2c(C(=O)O)sc3ncccc23)cc1. The van der Waals surface area contributed by atoms with Crippen LogP contribution in [0.15, 0.2) is 42.6 Å². The van der Waals surface area contributed by atoms with Gasteiger partial charge < -0.3 is 10.0 Å². The van der Waals surface area contributed by atoms with Crippen molar-refractivity contribution in [2.75, 3.05) is 14.1 Å². The van der Waals surface area contributed by atoms with Crippen molar-refractivity contribution in [3.63, 3.8) is 0 Å². The lowest BCUT2D eigenvalue weighted by Crippen LogP contribution is -2.21. The predicted molar refractivity (Wildman–Crippen MR) is 90.0 cm³/mol. The minimum Gasteiger partial charge on any atom is -0.477 e. The van der Waals surface area contributed by atoms with Crippen LogP contribution >= 0.6 is 11.3 Å². The van der Waals surface area contributed by atoms with E-state index in [0.29, 0.717) is 16.0 Å². The minimum atomic E-state index is -0.976. The summed E-state index contributed by atoms with van der Waals surface area (Å²) in [7, 11) is 3.38. The van der Waals surface area contributed by atoms with Gasteiger partial charge in [0.2, 0.25) is 0 Å². The number of hydrogen-bond acceptors (Lipinski definition) is 4. The monoisotopic (exact) mass is 326 g/mol. The van der Waals surface area contributed by atoms with Gasteiger partial charge in [0.05, 0.1) is 0 Å². The van der Waals surface area contributed by atoms with Crippen LogP contribution in [0.3, 0.4) is 0 Å². The zero-order valence-electron chi connectivity index (χ0n) is 12.6. The number of pyridine rings is 1. The van der Waals surface area contributed by atoms with E-state index >= 15 is 0 Å². The van der Waals surface area contributed by atoms with Gasteiger partial charge in [0.1, 0.15) is 9.71 Å². The summed E-state index contributed by atoms with van der Waals surface area (Å²) >= 11 is 1.16. The molecule has 0 radical (unpaired) electrons. The largest absolute Gasteiger partial charge is 0.477 e. The van der Waals surface area contributed by atoms with Crippen LogP contribution in [-0.4, -0.2) is 41.0 Å². The van der Waals surface area contributed by atoms with Crippen LogP contribution in [0.1, 0.15) is 20.0 Å². The predicted octanol–water partition coefficient (Wildman–Crippen LogP) is 3.36. The van der Waals surface area contributed by atoms with E-state index in [1.165, 1.54) is 4.90 Å². The first-order valence-electron chi connectivity index (χ1n) is 6.92. The Morgan fingerprint density at radius 3 is 2.43 bits per heavy atom. The summed E-state index contributed by atoms with van der Waals surface area (Å²) in [5.74, 6) is -1.07. The number of aromatic carboxylic acids is 1. The lowest BCUT2D eigenvalue weighted by Gasteiger charge is -2.10. The summed E-state index contributed by atoms with van der Waals surface area (Å²) in [6.07, 6.45) is 1.65. The van der Waals surface area contributed by atoms with Crippen molar-refractivity contribution in [1.29, 1.82) is 0 Å². The average Bonchev–Trinajstić information content (AvgIpc) is 2.94. The Morgan fingerprint density at radius 2 is 1.83 bits per heavy atom. The van der Waals surface area contributed by atoms with Crippen molar-refractivity contribution in [2.45, 2.75) is 0 Å². The van der Waals surface area contributed by atoms with Gasteiger partial charge in [-0.3, -0.25) is 4.79 Å². The summed E-state index contributed by atoms with van der Waals surface area (Å²) in [4.78, 5) is 30.2. The second kappa shape index (κ2) is 5.81. The number of aromatic nitrogens is 1. The number of amides is 1. The van der Waals surface area contributed by atoms with E-state index in [2.05, 4.69) is 4.98 Å². The number of carboxylic acid groups (broad SMARTS) is 1. The zero-order chi connectivity index (χ0) is 16.6. The molecule has 1 N–H and O–H groups in total. The van der Waals surface area contributed by atoms with Crippen LogP contribution in [-0.2, 0) is 0 Å². The Bertz CT molecular complexity index is 898. The number of hydrogen-bond donors (Lipinski definition) is 1. The van der Waals surface area contributed by atoms with Crippen LogP contribution < -0.4 is 0 Å². The number of benzene rings is 1. The van der Waals surface area contributed by atoms with E-state index in [4.69, 9.17) is 0 Å². The minimum absolute atomic E-state index is 0.0909. The van der Waals surface area contributed by atoms with Gasteiger partial charge in [-0.2, -0.15) is 0 Å². The second-order valence-corrected chi connectivity index (χ2v) is 6.24. The third kappa shape index (κ3) is 2.68. The second-order valence-electron chi connectivity index (χ2n) is 5.24. The molecule has 2 aromatic heterocycles. The maximum absolute atomic E-state index is 12.0. The van der Waals surface area contributed by atoms with Crippen molar-refractivity contribution in [1.82, 2.24) is 9.88 Å². The third-order valence-electron chi connectivity index (χ3n) is 3.49. The molecule has 5 nitrogen and oxygen atoms in total. The molecule has 116 valence electrons. The molecular weight excluding hydrogens is 312 g/mol. The van der Waals surface area contributed by atoms with Gasteiger partial charge >= 0.3 is 5.97 Å². The molecule has 0 aliphatic heterocycles. The Labute approximate surface area is 136 Å². The lowest BCUT2D eigenvalue weighted by atomic mass is 10.0. The molecule has 0 saturated heterocycles. The molecule has 0 bridgehead atoms. The molecule has 0 unspecified atom stereocenters. The highest BCUT2D eigenvalue weighted by atomic mass is 32.1. The van der Waals surface area contributed by atoms with Gasteiger partial charge in [-0.25, -0.2) is 9.78 Å². The highest BCUT2D eigenvalue weighted by Crippen LogP contribution is 2.37. The Hall–Kier alpha value is -2.73. The molecule has 2 heterocycles. The van der Waals surface area contributed by atoms with Crippen LogP contribution in [0.25, 0.3) is 21.3 Å². The zero-order valence-corrected chi connectivity index (χ0v) is 13.4. The molecule has 0 saturated carbocycles. The number of carbonyl (C=O) groups is 2. The molecule has 23 heavy (non-hydrogen) atoms. The molecule has 0 spiro atoms. The van der Waals surface area contributed by atoms with Gasteiger partial charge in [-0.05, 0) is 29.8 Å². The van der Waals surface area contributed by atoms with Crippen LogP contribution in [0.2, 0.25) is 0 Å². The Kier molecular flexibility index (Phi) is 3.83. The summed E-state index contributed by atoms with van der Waals surface area (Å²) in [5.41, 5.74) is 1.97. The molecule has 3 rings (SSSR count). The highest BCUT2D eigenvalue weighted by molar-refractivity contribution is 7.21. The summed E-state index contributed by atoms with van der Waals surface area (Å²) in [5, 5.41) is 10.3. The lowest BCUT2D eigenvalue weighted by molar-refractivity contribution is 0.0702. The topological polar surface area (TPSA) is 70.5 Å². The quantitative estimate of drug-likeness (QED) is 0.801. The Balaban J connectivity index is 2.15. The van der Waals surface area contributed by atoms with E-state index in [1.54, 1.807) is 50.6 Å². The van der Waals surface area contributed by atoms with Crippen molar-refractivity contribution >= 4 is 33.4 Å². The smallest absolute Gasteiger partial charge is 0.346 e. The standard InChI is InChI=1S/C17H14N2O3S/c1-19(2)16(20)11-7-5-10(6-8-11)13-12-4-3-9-18-15(12)23-14(13)17(21)22/h3-9H,1-2H3,(H,21,22). The van der Waals surface area contributed by atoms with E-state index in [9.17, 15) is 14.7 Å². The summed E-state index contributed by atoms with van der Waals surface area (Å²) < 4.78 is 0. The van der Waals surface area contributed by atoms with Crippen molar-refractivity contribution in [3.05, 3.63) is 53.0 Å². The average molecular weight is 326 g/mol. The molecule has 0 fully saturated rings. The molecule has 3 aromatic rings. The molecule has 6 heteroatoms. The molecule has 0 aliphatic rings. The first-order chi connectivity index (χ1) is 11.0. The third-order valence-corrected chi connectivity index (χ3v) is 4.59. The number of nitrogens with zero attached hydrogens (tertiary/aromatic N) is 2. The van der Waals surface area contributed by atoms with Crippen LogP contribution in [0, 0.1) is 0 Å². The molecular formula is C17H14N2O3S. The van der Waals surface area contributed by atoms with Crippen molar-refractivity contribution in [3.8, 4) is 11.1 Å². The van der Waals surface area contributed by atoms with Crippen molar-refractivity contribution < 1.29 is 14.7 Å². The first-order valence-corrected chi connectivity index (χ1v) is 7.73. The van der Waals surface area contributed by atoms with Crippen LogP contribution in [0.5, 0.6) is 0 Å². The maximum atomic E-state index is 12.0. The fourth-order valence-corrected chi connectivity index (χ4v) is 3.41. The fraction of sp³-hybridized carbons (Fsp3) is 0.118. The fourth-order valence-electron chi connectivity index (χ4n) is 2.41. The number of carboxylic acids is 1. The highest BCUT2D eigenvalue weighted by Gasteiger charge is 2.20. The number of rotatable bonds is 3. The van der Waals surface area contributed by atoms with Crippen LogP contribution in [0.4, 0.5) is 0 Å². The van der Waals surface area contributed by atoms with E-state index in [1.807, 2.05) is 6.07 Å². The van der Waals surface area contributed by atoms with Gasteiger partial charge in [0.15, 0.2) is 0 Å².